The summed E-state index contributed by atoms with van der Waals surface area (Å²) in [5.74, 6) is -4.84. The number of hydrogen-bond donors (Lipinski definition) is 0. The van der Waals surface area contributed by atoms with Crippen LogP contribution in [0.1, 0.15) is 52.5 Å². The summed E-state index contributed by atoms with van der Waals surface area (Å²) in [4.78, 5) is 23.8. The third kappa shape index (κ3) is 5.84. The maximum absolute atomic E-state index is 13.5. The van der Waals surface area contributed by atoms with Crippen LogP contribution in [0.5, 0.6) is 0 Å². The van der Waals surface area contributed by atoms with Gasteiger partial charge in [-0.25, -0.2) is 22.8 Å². The molecule has 2 aromatic rings. The van der Waals surface area contributed by atoms with Crippen molar-refractivity contribution in [1.29, 1.82) is 0 Å². The lowest BCUT2D eigenvalue weighted by molar-refractivity contribution is 0.0462. The summed E-state index contributed by atoms with van der Waals surface area (Å²) in [6.07, 6.45) is 2.77. The smallest absolute Gasteiger partial charge is 0.338 e. The number of rotatable bonds is 8. The third-order valence-electron chi connectivity index (χ3n) is 3.79. The van der Waals surface area contributed by atoms with Crippen molar-refractivity contribution >= 4 is 11.9 Å². The number of hydrogen-bond acceptors (Lipinski definition) is 4. The van der Waals surface area contributed by atoms with E-state index in [1.807, 2.05) is 6.92 Å². The highest BCUT2D eigenvalue weighted by molar-refractivity contribution is 5.93. The van der Waals surface area contributed by atoms with Gasteiger partial charge < -0.3 is 9.47 Å². The fourth-order valence-corrected chi connectivity index (χ4v) is 2.24. The number of halogens is 3. The van der Waals surface area contributed by atoms with E-state index in [9.17, 15) is 22.8 Å². The van der Waals surface area contributed by atoms with Crippen molar-refractivity contribution in [1.82, 2.24) is 0 Å². The quantitative estimate of drug-likeness (QED) is 0.375. The van der Waals surface area contributed by atoms with Crippen molar-refractivity contribution in [2.75, 3.05) is 6.61 Å². The molecule has 7 heteroatoms. The van der Waals surface area contributed by atoms with Crippen molar-refractivity contribution in [3.8, 4) is 0 Å². The Morgan fingerprint density at radius 1 is 0.815 bits per heavy atom. The molecule has 27 heavy (non-hydrogen) atoms. The molecule has 144 valence electrons. The second kappa shape index (κ2) is 9.75. The van der Waals surface area contributed by atoms with Crippen molar-refractivity contribution in [3.05, 3.63) is 70.5 Å². The van der Waals surface area contributed by atoms with Crippen LogP contribution in [0, 0.1) is 17.5 Å². The van der Waals surface area contributed by atoms with E-state index >= 15 is 0 Å². The highest BCUT2D eigenvalue weighted by Crippen LogP contribution is 2.16. The normalized spacial score (nSPS) is 10.5. The molecule has 2 aromatic carbocycles. The van der Waals surface area contributed by atoms with Crippen LogP contribution in [0.2, 0.25) is 0 Å². The minimum Gasteiger partial charge on any atom is -0.462 e. The Morgan fingerprint density at radius 3 is 1.96 bits per heavy atom. The molecular formula is C20H19F3O4. The van der Waals surface area contributed by atoms with Crippen molar-refractivity contribution in [2.24, 2.45) is 0 Å². The van der Waals surface area contributed by atoms with E-state index < -0.39 is 36.0 Å². The molecule has 0 unspecified atom stereocenters. The monoisotopic (exact) mass is 380 g/mol. The Kier molecular flexibility index (Phi) is 7.40. The van der Waals surface area contributed by atoms with Gasteiger partial charge in [0.2, 0.25) is 0 Å². The van der Waals surface area contributed by atoms with Crippen molar-refractivity contribution in [2.45, 2.75) is 32.8 Å². The minimum atomic E-state index is -1.32. The molecular weight excluding hydrogens is 361 g/mol. The fraction of sp³-hybridized carbons (Fsp3) is 0.300. The Hall–Kier alpha value is -2.83. The maximum atomic E-state index is 13.5. The summed E-state index contributed by atoms with van der Waals surface area (Å²) in [7, 11) is 0. The Labute approximate surface area is 154 Å². The van der Waals surface area contributed by atoms with Crippen LogP contribution in [0.3, 0.4) is 0 Å². The lowest BCUT2D eigenvalue weighted by atomic mass is 10.1. The van der Waals surface area contributed by atoms with E-state index in [1.54, 1.807) is 0 Å². The lowest BCUT2D eigenvalue weighted by Gasteiger charge is -2.08. The number of esters is 2. The topological polar surface area (TPSA) is 52.6 Å². The molecule has 0 atom stereocenters. The Bertz CT molecular complexity index is 804. The predicted molar refractivity (Wildman–Crippen MR) is 91.7 cm³/mol. The highest BCUT2D eigenvalue weighted by atomic mass is 19.2. The van der Waals surface area contributed by atoms with Crippen molar-refractivity contribution in [3.63, 3.8) is 0 Å². The molecule has 2 rings (SSSR count). The number of ether oxygens (including phenoxy) is 2. The number of carbonyl (C=O) groups excluding carboxylic acids is 2. The van der Waals surface area contributed by atoms with Gasteiger partial charge in [-0.05, 0) is 36.8 Å². The van der Waals surface area contributed by atoms with Gasteiger partial charge in [0.05, 0.1) is 17.7 Å². The summed E-state index contributed by atoms with van der Waals surface area (Å²) in [5.41, 5.74) is 0.129. The fourth-order valence-electron chi connectivity index (χ4n) is 2.24. The van der Waals surface area contributed by atoms with E-state index in [4.69, 9.17) is 9.47 Å². The molecule has 0 heterocycles. The molecule has 0 aliphatic rings. The molecule has 0 saturated carbocycles. The average Bonchev–Trinajstić information content (AvgIpc) is 2.66. The van der Waals surface area contributed by atoms with Crippen molar-refractivity contribution < 1.29 is 32.2 Å². The van der Waals surface area contributed by atoms with Crippen LogP contribution >= 0.6 is 0 Å². The second-order valence-corrected chi connectivity index (χ2v) is 5.85. The van der Waals surface area contributed by atoms with Gasteiger partial charge >= 0.3 is 11.9 Å². The summed E-state index contributed by atoms with van der Waals surface area (Å²) < 4.78 is 49.5. The van der Waals surface area contributed by atoms with E-state index in [-0.39, 0.29) is 16.7 Å². The van der Waals surface area contributed by atoms with Gasteiger partial charge in [-0.15, -0.1) is 0 Å². The highest BCUT2D eigenvalue weighted by Gasteiger charge is 2.14. The summed E-state index contributed by atoms with van der Waals surface area (Å²) in [5, 5.41) is 0. The summed E-state index contributed by atoms with van der Waals surface area (Å²) in [6, 6.07) is 6.59. The molecule has 0 bridgehead atoms. The standard InChI is InChI=1S/C20H19F3O4/c1-2-3-4-9-26-19(24)13-5-7-14(8-6-13)20(25)27-12-15-10-17(22)18(23)11-16(15)21/h5-8,10-11H,2-4,9,12H2,1H3. The van der Waals surface area contributed by atoms with Gasteiger partial charge in [-0.1, -0.05) is 19.8 Å². The van der Waals surface area contributed by atoms with E-state index in [2.05, 4.69) is 0 Å². The van der Waals surface area contributed by atoms with Gasteiger partial charge in [0.25, 0.3) is 0 Å². The predicted octanol–water partition coefficient (Wildman–Crippen LogP) is 4.81. The molecule has 0 fully saturated rings. The average molecular weight is 380 g/mol. The molecule has 0 spiro atoms. The van der Waals surface area contributed by atoms with E-state index in [0.717, 1.165) is 19.3 Å². The van der Waals surface area contributed by atoms with Crippen LogP contribution < -0.4 is 0 Å². The van der Waals surface area contributed by atoms with E-state index in [1.165, 1.54) is 24.3 Å². The SMILES string of the molecule is CCCCCOC(=O)c1ccc(C(=O)OCc2cc(F)c(F)cc2F)cc1. The molecule has 0 aromatic heterocycles. The first-order valence-corrected chi connectivity index (χ1v) is 8.50. The molecule has 0 aliphatic heterocycles. The Balaban J connectivity index is 1.92. The second-order valence-electron chi connectivity index (χ2n) is 5.85. The Morgan fingerprint density at radius 2 is 1.37 bits per heavy atom. The molecule has 0 N–H and O–H groups in total. The molecule has 4 nitrogen and oxygen atoms in total. The van der Waals surface area contributed by atoms with Crippen LogP contribution in [0.4, 0.5) is 13.2 Å². The van der Waals surface area contributed by atoms with E-state index in [0.29, 0.717) is 18.7 Å². The molecule has 0 radical (unpaired) electrons. The maximum Gasteiger partial charge on any atom is 0.338 e. The van der Waals surface area contributed by atoms with Gasteiger partial charge in [0, 0.05) is 11.6 Å². The lowest BCUT2D eigenvalue weighted by Crippen LogP contribution is -2.09. The number of unbranched alkanes of at least 4 members (excludes halogenated alkanes) is 2. The zero-order valence-electron chi connectivity index (χ0n) is 14.8. The van der Waals surface area contributed by atoms with Crippen LogP contribution in [-0.4, -0.2) is 18.5 Å². The van der Waals surface area contributed by atoms with Gasteiger partial charge in [-0.3, -0.25) is 0 Å². The third-order valence-corrected chi connectivity index (χ3v) is 3.79. The molecule has 0 saturated heterocycles. The number of benzene rings is 2. The van der Waals surface area contributed by atoms with Gasteiger partial charge in [0.15, 0.2) is 11.6 Å². The summed E-state index contributed by atoms with van der Waals surface area (Å²) in [6.45, 7) is 1.82. The van der Waals surface area contributed by atoms with Gasteiger partial charge in [-0.2, -0.15) is 0 Å². The first-order chi connectivity index (χ1) is 12.9. The first-order valence-electron chi connectivity index (χ1n) is 8.50. The van der Waals surface area contributed by atoms with Gasteiger partial charge in [0.1, 0.15) is 12.4 Å². The van der Waals surface area contributed by atoms with Crippen LogP contribution in [0.25, 0.3) is 0 Å². The molecule has 0 amide bonds. The first kappa shape index (κ1) is 20.5. The zero-order valence-corrected chi connectivity index (χ0v) is 14.8. The number of carbonyl (C=O) groups is 2. The minimum absolute atomic E-state index is 0.125. The largest absolute Gasteiger partial charge is 0.462 e. The molecule has 0 aliphatic carbocycles. The zero-order chi connectivity index (χ0) is 19.8. The summed E-state index contributed by atoms with van der Waals surface area (Å²) >= 11 is 0. The van der Waals surface area contributed by atoms with Crippen LogP contribution in [0.15, 0.2) is 36.4 Å². The van der Waals surface area contributed by atoms with Crippen LogP contribution in [-0.2, 0) is 16.1 Å².